The van der Waals surface area contributed by atoms with Crippen molar-refractivity contribution in [2.45, 2.75) is 38.4 Å². The second-order valence-electron chi connectivity index (χ2n) is 7.64. The number of nitrogens with one attached hydrogen (secondary N) is 3. The number of aromatic nitrogens is 1. The van der Waals surface area contributed by atoms with Crippen molar-refractivity contribution in [1.82, 2.24) is 10.5 Å². The second-order valence-corrected chi connectivity index (χ2v) is 7.64. The summed E-state index contributed by atoms with van der Waals surface area (Å²) in [7, 11) is 0. The van der Waals surface area contributed by atoms with Crippen LogP contribution in [0, 0.1) is 6.92 Å². The lowest BCUT2D eigenvalue weighted by Gasteiger charge is -2.33. The summed E-state index contributed by atoms with van der Waals surface area (Å²) in [5, 5.41) is 7.33. The van der Waals surface area contributed by atoms with Crippen LogP contribution in [-0.2, 0) is 11.3 Å². The molecule has 1 aliphatic heterocycles. The van der Waals surface area contributed by atoms with Crippen molar-refractivity contribution < 1.29 is 19.1 Å². The highest BCUT2D eigenvalue weighted by Gasteiger charge is 2.37. The maximum absolute atomic E-state index is 12.9. The molecule has 1 aliphatic carbocycles. The summed E-state index contributed by atoms with van der Waals surface area (Å²) in [4.78, 5) is 15.8. The molecule has 26 heavy (non-hydrogen) atoms. The first-order valence-corrected chi connectivity index (χ1v) is 9.64. The van der Waals surface area contributed by atoms with Crippen molar-refractivity contribution in [3.8, 4) is 0 Å². The Kier molecular flexibility index (Phi) is 5.04. The Hall–Kier alpha value is -2.18. The zero-order valence-corrected chi connectivity index (χ0v) is 15.3. The van der Waals surface area contributed by atoms with Gasteiger partial charge in [-0.15, -0.1) is 0 Å². The molecule has 1 aromatic heterocycles. The van der Waals surface area contributed by atoms with Crippen molar-refractivity contribution >= 4 is 5.91 Å². The van der Waals surface area contributed by atoms with Crippen molar-refractivity contribution in [3.05, 3.63) is 53.4 Å². The van der Waals surface area contributed by atoms with Gasteiger partial charge in [0.15, 0.2) is 6.04 Å². The van der Waals surface area contributed by atoms with E-state index in [0.717, 1.165) is 62.6 Å². The van der Waals surface area contributed by atoms with E-state index in [-0.39, 0.29) is 11.9 Å². The minimum absolute atomic E-state index is 0.104. The van der Waals surface area contributed by atoms with Gasteiger partial charge in [0.05, 0.1) is 0 Å². The number of carbonyl (C=O) groups excluding carboxylic acids is 1. The van der Waals surface area contributed by atoms with Crippen LogP contribution in [0.2, 0.25) is 0 Å². The molecule has 0 spiro atoms. The van der Waals surface area contributed by atoms with Crippen molar-refractivity contribution in [2.75, 3.05) is 26.2 Å². The highest BCUT2D eigenvalue weighted by atomic mass is 16.5. The maximum atomic E-state index is 12.9. The molecule has 1 saturated carbocycles. The number of carbonyl (C=O) groups is 1. The molecule has 0 unspecified atom stereocenters. The molecule has 1 aromatic carbocycles. The fraction of sp³-hybridized carbons (Fsp3) is 0.500. The van der Waals surface area contributed by atoms with Gasteiger partial charge < -0.3 is 19.6 Å². The highest BCUT2D eigenvalue weighted by Crippen LogP contribution is 2.20. The Labute approximate surface area is 154 Å². The number of hydrogen-bond donors (Lipinski definition) is 3. The van der Waals surface area contributed by atoms with Crippen LogP contribution < -0.4 is 15.1 Å². The lowest BCUT2D eigenvalue weighted by Crippen LogP contribution is -3.28. The number of rotatable bonds is 6. The number of amides is 1. The fourth-order valence-electron chi connectivity index (χ4n) is 3.88. The number of benzene rings is 1. The van der Waals surface area contributed by atoms with Crippen LogP contribution in [0.25, 0.3) is 0 Å². The molecule has 2 aliphatic rings. The number of hydrogen-bond acceptors (Lipinski definition) is 3. The van der Waals surface area contributed by atoms with Crippen LogP contribution in [0.1, 0.15) is 35.9 Å². The molecule has 0 radical (unpaired) electrons. The van der Waals surface area contributed by atoms with Crippen molar-refractivity contribution in [3.63, 3.8) is 0 Å². The Bertz CT molecular complexity index is 733. The summed E-state index contributed by atoms with van der Waals surface area (Å²) in [5.74, 6) is 1.05. The molecule has 0 bridgehead atoms. The monoisotopic (exact) mass is 356 g/mol. The highest BCUT2D eigenvalue weighted by molar-refractivity contribution is 5.82. The number of nitrogens with zero attached hydrogens (tertiary/aromatic N) is 1. The number of aryl methyl sites for hydroxylation is 1. The van der Waals surface area contributed by atoms with Gasteiger partial charge in [-0.1, -0.05) is 35.5 Å². The van der Waals surface area contributed by atoms with E-state index in [2.05, 4.69) is 22.6 Å². The SMILES string of the molecule is Cc1cc(C[NH+]2CC[NH+]([C@@H](C(=O)NC3CC3)c3ccccc3)CC2)no1. The van der Waals surface area contributed by atoms with E-state index in [1.54, 1.807) is 0 Å². The van der Waals surface area contributed by atoms with Crippen LogP contribution >= 0.6 is 0 Å². The molecule has 1 amide bonds. The summed E-state index contributed by atoms with van der Waals surface area (Å²) in [6.07, 6.45) is 2.25. The van der Waals surface area contributed by atoms with Crippen LogP contribution in [0.4, 0.5) is 0 Å². The third-order valence-corrected chi connectivity index (χ3v) is 5.43. The van der Waals surface area contributed by atoms with Crippen LogP contribution in [0.15, 0.2) is 40.9 Å². The van der Waals surface area contributed by atoms with Gasteiger partial charge in [0.25, 0.3) is 5.91 Å². The van der Waals surface area contributed by atoms with E-state index >= 15 is 0 Å². The van der Waals surface area contributed by atoms with E-state index in [4.69, 9.17) is 4.52 Å². The van der Waals surface area contributed by atoms with Gasteiger partial charge >= 0.3 is 0 Å². The van der Waals surface area contributed by atoms with Gasteiger partial charge in [-0.2, -0.15) is 0 Å². The molecule has 138 valence electrons. The zero-order valence-electron chi connectivity index (χ0n) is 15.3. The first-order chi connectivity index (χ1) is 12.7. The van der Waals surface area contributed by atoms with Crippen molar-refractivity contribution in [2.24, 2.45) is 0 Å². The summed E-state index contributed by atoms with van der Waals surface area (Å²) < 4.78 is 5.18. The first-order valence-electron chi connectivity index (χ1n) is 9.64. The molecule has 2 fully saturated rings. The summed E-state index contributed by atoms with van der Waals surface area (Å²) >= 11 is 0. The van der Waals surface area contributed by atoms with Crippen LogP contribution in [0.5, 0.6) is 0 Å². The largest absolute Gasteiger partial charge is 0.361 e. The smallest absolute Gasteiger partial charge is 0.283 e. The average Bonchev–Trinajstić information content (AvgIpc) is 3.37. The van der Waals surface area contributed by atoms with E-state index in [0.29, 0.717) is 6.04 Å². The normalized spacial score (nSPS) is 24.2. The molecular formula is C20H28N4O2+2. The lowest BCUT2D eigenvalue weighted by molar-refractivity contribution is -1.03. The Morgan fingerprint density at radius 1 is 1.23 bits per heavy atom. The Balaban J connectivity index is 1.41. The summed E-state index contributed by atoms with van der Waals surface area (Å²) in [5.41, 5.74) is 2.14. The van der Waals surface area contributed by atoms with Crippen LogP contribution in [-0.4, -0.2) is 43.3 Å². The summed E-state index contributed by atoms with van der Waals surface area (Å²) in [6, 6.07) is 12.5. The van der Waals surface area contributed by atoms with E-state index in [9.17, 15) is 4.79 Å². The van der Waals surface area contributed by atoms with E-state index in [1.165, 1.54) is 9.80 Å². The minimum atomic E-state index is -0.104. The fourth-order valence-corrected chi connectivity index (χ4v) is 3.88. The van der Waals surface area contributed by atoms with E-state index in [1.807, 2.05) is 31.2 Å². The molecule has 6 nitrogen and oxygen atoms in total. The standard InChI is InChI=1S/C20H26N4O2/c1-15-13-18(22-26-15)14-23-9-11-24(12-10-23)19(16-5-3-2-4-6-16)20(25)21-17-7-8-17/h2-6,13,17,19H,7-12,14H2,1H3,(H,21,25)/p+2/t19-/m1/s1. The average molecular weight is 356 g/mol. The topological polar surface area (TPSA) is 64.0 Å². The first kappa shape index (κ1) is 17.2. The Morgan fingerprint density at radius 3 is 2.58 bits per heavy atom. The molecule has 3 N–H and O–H groups in total. The van der Waals surface area contributed by atoms with Gasteiger partial charge in [0.2, 0.25) is 0 Å². The molecule has 2 aromatic rings. The zero-order chi connectivity index (χ0) is 17.9. The molecule has 1 atom stereocenters. The van der Waals surface area contributed by atoms with Crippen molar-refractivity contribution in [1.29, 1.82) is 0 Å². The van der Waals surface area contributed by atoms with E-state index < -0.39 is 0 Å². The van der Waals surface area contributed by atoms with Gasteiger partial charge in [-0.25, -0.2) is 0 Å². The number of quaternary nitrogens is 2. The second kappa shape index (κ2) is 7.60. The minimum Gasteiger partial charge on any atom is -0.361 e. The van der Waals surface area contributed by atoms with Gasteiger partial charge in [-0.05, 0) is 19.8 Å². The lowest BCUT2D eigenvalue weighted by atomic mass is 10.0. The predicted molar refractivity (Wildman–Crippen MR) is 96.7 cm³/mol. The van der Waals surface area contributed by atoms with Gasteiger partial charge in [-0.3, -0.25) is 4.79 Å². The molecule has 4 rings (SSSR count). The Morgan fingerprint density at radius 2 is 1.96 bits per heavy atom. The van der Waals surface area contributed by atoms with Crippen LogP contribution in [0.3, 0.4) is 0 Å². The number of piperazine rings is 1. The third kappa shape index (κ3) is 4.14. The summed E-state index contributed by atoms with van der Waals surface area (Å²) in [6.45, 7) is 6.89. The molecule has 2 heterocycles. The third-order valence-electron chi connectivity index (χ3n) is 5.43. The molecule has 1 saturated heterocycles. The quantitative estimate of drug-likeness (QED) is 0.641. The predicted octanol–water partition coefficient (Wildman–Crippen LogP) is -0.714. The maximum Gasteiger partial charge on any atom is 0.283 e. The molecular weight excluding hydrogens is 328 g/mol. The molecule has 6 heteroatoms. The van der Waals surface area contributed by atoms with Gasteiger partial charge in [0.1, 0.15) is 44.2 Å². The van der Waals surface area contributed by atoms with Gasteiger partial charge in [0, 0.05) is 17.7 Å².